The molecule has 2 aromatic rings. The molecule has 0 aliphatic carbocycles. The van der Waals surface area contributed by atoms with Gasteiger partial charge < -0.3 is 24.7 Å². The Labute approximate surface area is 245 Å². The molecule has 0 radical (unpaired) electrons. The number of halogens is 2. The lowest BCUT2D eigenvalue weighted by molar-refractivity contribution is -0.152. The molecule has 0 heterocycles. The molecular weight excluding hydrogens is 574 g/mol. The van der Waals surface area contributed by atoms with E-state index in [9.17, 15) is 23.3 Å². The first-order chi connectivity index (χ1) is 19.4. The Morgan fingerprint density at radius 3 is 2.27 bits per heavy atom. The van der Waals surface area contributed by atoms with E-state index in [2.05, 4.69) is 5.32 Å². The van der Waals surface area contributed by atoms with Crippen LogP contribution in [0.5, 0.6) is 0 Å². The maximum Gasteiger partial charge on any atom is 0.326 e. The van der Waals surface area contributed by atoms with Crippen LogP contribution in [-0.2, 0) is 30.1 Å². The quantitative estimate of drug-likeness (QED) is 0.167. The molecular formula is C29H39ClFN2O7P. The highest BCUT2D eigenvalue weighted by molar-refractivity contribution is 7.51. The Bertz CT molecular complexity index is 1200. The van der Waals surface area contributed by atoms with Gasteiger partial charge in [-0.1, -0.05) is 62.6 Å². The molecule has 0 saturated carbocycles. The zero-order valence-electron chi connectivity index (χ0n) is 23.5. The van der Waals surface area contributed by atoms with Gasteiger partial charge in [0, 0.05) is 36.1 Å². The third-order valence-electron chi connectivity index (χ3n) is 6.36. The largest absolute Gasteiger partial charge is 0.456 e. The second kappa shape index (κ2) is 17.2. The zero-order chi connectivity index (χ0) is 30.4. The van der Waals surface area contributed by atoms with Gasteiger partial charge in [0.2, 0.25) is 5.91 Å². The predicted molar refractivity (Wildman–Crippen MR) is 156 cm³/mol. The van der Waals surface area contributed by atoms with Gasteiger partial charge in [-0.15, -0.1) is 0 Å². The zero-order valence-corrected chi connectivity index (χ0v) is 25.1. The van der Waals surface area contributed by atoms with E-state index in [0.29, 0.717) is 34.8 Å². The fraction of sp³-hybridized carbons (Fsp3) is 0.483. The van der Waals surface area contributed by atoms with Crippen molar-refractivity contribution in [3.63, 3.8) is 0 Å². The Hall–Kier alpha value is -2.78. The molecule has 2 aromatic carbocycles. The molecule has 226 valence electrons. The minimum absolute atomic E-state index is 0.183. The van der Waals surface area contributed by atoms with Crippen LogP contribution >= 0.6 is 19.2 Å². The molecule has 0 aliphatic heterocycles. The van der Waals surface area contributed by atoms with E-state index < -0.39 is 50.5 Å². The molecule has 1 atom stereocenters. The van der Waals surface area contributed by atoms with E-state index in [1.165, 1.54) is 18.2 Å². The molecule has 1 unspecified atom stereocenters. The van der Waals surface area contributed by atoms with Crippen molar-refractivity contribution in [3.8, 4) is 11.1 Å². The lowest BCUT2D eigenvalue weighted by Crippen LogP contribution is -2.40. The van der Waals surface area contributed by atoms with Crippen LogP contribution in [0, 0.1) is 5.82 Å². The number of carbonyl (C=O) groups excluding carboxylic acids is 3. The predicted octanol–water partition coefficient (Wildman–Crippen LogP) is 5.10. The Morgan fingerprint density at radius 1 is 1.05 bits per heavy atom. The summed E-state index contributed by atoms with van der Waals surface area (Å²) >= 11 is 6.00. The lowest BCUT2D eigenvalue weighted by Gasteiger charge is -2.23. The van der Waals surface area contributed by atoms with Gasteiger partial charge in [-0.05, 0) is 48.6 Å². The second-order valence-electron chi connectivity index (χ2n) is 9.88. The molecule has 0 spiro atoms. The van der Waals surface area contributed by atoms with Gasteiger partial charge in [-0.3, -0.25) is 18.9 Å². The van der Waals surface area contributed by atoms with E-state index in [0.717, 1.165) is 25.7 Å². The Kier molecular flexibility index (Phi) is 14.5. The van der Waals surface area contributed by atoms with Crippen LogP contribution in [0.3, 0.4) is 0 Å². The Morgan fingerprint density at radius 2 is 1.68 bits per heavy atom. The van der Waals surface area contributed by atoms with Crippen molar-refractivity contribution in [1.29, 1.82) is 0 Å². The summed E-state index contributed by atoms with van der Waals surface area (Å²) in [5, 5.41) is 3.03. The van der Waals surface area contributed by atoms with E-state index >= 15 is 0 Å². The topological polar surface area (TPSA) is 133 Å². The van der Waals surface area contributed by atoms with Gasteiger partial charge in [0.25, 0.3) is 5.91 Å². The maximum atomic E-state index is 14.3. The van der Waals surface area contributed by atoms with Crippen molar-refractivity contribution in [3.05, 3.63) is 58.9 Å². The van der Waals surface area contributed by atoms with E-state index in [4.69, 9.17) is 26.1 Å². The van der Waals surface area contributed by atoms with Gasteiger partial charge in [0.15, 0.2) is 6.61 Å². The van der Waals surface area contributed by atoms with E-state index in [1.54, 1.807) is 29.2 Å². The summed E-state index contributed by atoms with van der Waals surface area (Å²) in [4.78, 5) is 57.6. The summed E-state index contributed by atoms with van der Waals surface area (Å²) in [6.45, 7) is 4.81. The minimum atomic E-state index is -4.38. The number of unbranched alkanes of at least 4 members (excludes halogenated alkanes) is 2. The molecule has 0 fully saturated rings. The van der Waals surface area contributed by atoms with Crippen molar-refractivity contribution in [2.24, 2.45) is 0 Å². The fourth-order valence-corrected chi connectivity index (χ4v) is 4.76. The highest BCUT2D eigenvalue weighted by atomic mass is 35.5. The third-order valence-corrected chi connectivity index (χ3v) is 7.40. The fourth-order valence-electron chi connectivity index (χ4n) is 4.10. The molecule has 12 heteroatoms. The van der Waals surface area contributed by atoms with Crippen molar-refractivity contribution in [1.82, 2.24) is 10.2 Å². The molecule has 0 saturated heterocycles. The Balaban J connectivity index is 2.09. The van der Waals surface area contributed by atoms with Crippen molar-refractivity contribution in [2.45, 2.75) is 64.8 Å². The standard InChI is InChI=1S/C29H39ClFN2O7P/c1-3-5-14-33(15-6-4-2)28(35)20-40-29(36)19-24(32-27(34)13-16-41(37,38)39)17-21-7-9-22(10-8-21)25-18-23(30)11-12-26(25)31/h7-12,18,24H,3-6,13-17,19-20H2,1-2H3,(H,32,34)(H2,37,38,39). The van der Waals surface area contributed by atoms with Crippen LogP contribution in [0.4, 0.5) is 4.39 Å². The van der Waals surface area contributed by atoms with Gasteiger partial charge in [-0.2, -0.15) is 0 Å². The minimum Gasteiger partial charge on any atom is -0.456 e. The van der Waals surface area contributed by atoms with Crippen molar-refractivity contribution in [2.75, 3.05) is 25.9 Å². The summed E-state index contributed by atoms with van der Waals surface area (Å²) in [5.41, 5.74) is 1.63. The number of carbonyl (C=O) groups is 3. The molecule has 41 heavy (non-hydrogen) atoms. The summed E-state index contributed by atoms with van der Waals surface area (Å²) in [7, 11) is -4.38. The second-order valence-corrected chi connectivity index (χ2v) is 12.1. The smallest absolute Gasteiger partial charge is 0.326 e. The third kappa shape index (κ3) is 13.2. The number of amides is 2. The normalized spacial score (nSPS) is 12.0. The molecule has 2 rings (SSSR count). The SMILES string of the molecule is CCCCN(CCCC)C(=O)COC(=O)CC(Cc1ccc(-c2cc(Cl)ccc2F)cc1)NC(=O)CCP(=O)(O)O. The van der Waals surface area contributed by atoms with Crippen LogP contribution in [0.25, 0.3) is 11.1 Å². The first-order valence-electron chi connectivity index (χ1n) is 13.7. The number of hydrogen-bond donors (Lipinski definition) is 3. The summed E-state index contributed by atoms with van der Waals surface area (Å²) < 4.78 is 30.7. The number of nitrogens with zero attached hydrogens (tertiary/aromatic N) is 1. The molecule has 0 aromatic heterocycles. The highest BCUT2D eigenvalue weighted by Crippen LogP contribution is 2.34. The first-order valence-corrected chi connectivity index (χ1v) is 15.9. The van der Waals surface area contributed by atoms with E-state index in [-0.39, 0.29) is 18.7 Å². The molecule has 0 aliphatic rings. The van der Waals surface area contributed by atoms with Crippen LogP contribution in [0.2, 0.25) is 5.02 Å². The van der Waals surface area contributed by atoms with Gasteiger partial charge in [0.1, 0.15) is 5.82 Å². The molecule has 9 nitrogen and oxygen atoms in total. The number of rotatable bonds is 17. The van der Waals surface area contributed by atoms with Crippen LogP contribution < -0.4 is 5.32 Å². The van der Waals surface area contributed by atoms with Gasteiger partial charge >= 0.3 is 13.6 Å². The number of benzene rings is 2. The van der Waals surface area contributed by atoms with Gasteiger partial charge in [0.05, 0.1) is 12.6 Å². The van der Waals surface area contributed by atoms with Crippen LogP contribution in [-0.4, -0.2) is 64.4 Å². The molecule has 2 amide bonds. The van der Waals surface area contributed by atoms with Crippen LogP contribution in [0.15, 0.2) is 42.5 Å². The lowest BCUT2D eigenvalue weighted by atomic mass is 9.99. The molecule has 0 bridgehead atoms. The number of nitrogens with one attached hydrogen (secondary N) is 1. The van der Waals surface area contributed by atoms with E-state index in [1.807, 2.05) is 13.8 Å². The van der Waals surface area contributed by atoms with Gasteiger partial charge in [-0.25, -0.2) is 4.39 Å². The molecule has 3 N–H and O–H groups in total. The highest BCUT2D eigenvalue weighted by Gasteiger charge is 2.22. The number of hydrogen-bond acceptors (Lipinski definition) is 5. The first kappa shape index (κ1) is 34.4. The summed E-state index contributed by atoms with van der Waals surface area (Å²) in [6, 6.07) is 10.3. The summed E-state index contributed by atoms with van der Waals surface area (Å²) in [5.74, 6) is -2.05. The van der Waals surface area contributed by atoms with Crippen molar-refractivity contribution >= 4 is 37.0 Å². The van der Waals surface area contributed by atoms with Crippen molar-refractivity contribution < 1.29 is 37.9 Å². The van der Waals surface area contributed by atoms with Crippen LogP contribution in [0.1, 0.15) is 57.9 Å². The number of esters is 1. The number of ether oxygens (including phenoxy) is 1. The average molecular weight is 613 g/mol. The maximum absolute atomic E-state index is 14.3. The monoisotopic (exact) mass is 612 g/mol. The summed E-state index contributed by atoms with van der Waals surface area (Å²) in [6.07, 6.45) is 2.40. The average Bonchev–Trinajstić information content (AvgIpc) is 2.92.